The van der Waals surface area contributed by atoms with Crippen LogP contribution in [0.15, 0.2) is 24.3 Å². The molecule has 0 saturated carbocycles. The Morgan fingerprint density at radius 2 is 1.56 bits per heavy atom. The summed E-state index contributed by atoms with van der Waals surface area (Å²) in [7, 11) is 0. The molecule has 0 radical (unpaired) electrons. The molecule has 0 saturated heterocycles. The molecular formula is C23H35NO. The first-order chi connectivity index (χ1) is 12.2. The maximum Gasteiger partial charge on any atom is 0.217 e. The second-order valence-electron chi connectivity index (χ2n) is 6.96. The summed E-state index contributed by atoms with van der Waals surface area (Å²) in [5, 5.41) is 3.07. The van der Waals surface area contributed by atoms with Crippen molar-refractivity contribution in [2.24, 2.45) is 0 Å². The third-order valence-corrected chi connectivity index (χ3v) is 4.72. The quantitative estimate of drug-likeness (QED) is 0.338. The standard InChI is InChI=1S/C23H35NO/c1-4-6-7-8-9-10-11-12-13-14-19-23(24-20(3)25)22-18-16-15-17-21(22)5-2/h2,15-18,23H,4,6-14,19H2,1,3H3,(H,24,25)/t23-/m0/s1. The third kappa shape index (κ3) is 9.34. The summed E-state index contributed by atoms with van der Waals surface area (Å²) in [6.07, 6.45) is 19.8. The Kier molecular flexibility index (Phi) is 11.5. The summed E-state index contributed by atoms with van der Waals surface area (Å²) in [5.74, 6) is 2.74. The Hall–Kier alpha value is -1.75. The third-order valence-electron chi connectivity index (χ3n) is 4.72. The normalized spacial score (nSPS) is 11.7. The summed E-state index contributed by atoms with van der Waals surface area (Å²) in [5.41, 5.74) is 1.95. The van der Waals surface area contributed by atoms with Gasteiger partial charge in [0.1, 0.15) is 0 Å². The van der Waals surface area contributed by atoms with Gasteiger partial charge in [-0.3, -0.25) is 4.79 Å². The molecule has 0 spiro atoms. The average molecular weight is 342 g/mol. The van der Waals surface area contributed by atoms with Gasteiger partial charge in [-0.15, -0.1) is 6.42 Å². The Bertz CT molecular complexity index is 529. The topological polar surface area (TPSA) is 29.1 Å². The van der Waals surface area contributed by atoms with Crippen LogP contribution in [0.25, 0.3) is 0 Å². The maximum atomic E-state index is 11.5. The van der Waals surface area contributed by atoms with Gasteiger partial charge < -0.3 is 5.32 Å². The van der Waals surface area contributed by atoms with Crippen LogP contribution in [-0.2, 0) is 4.79 Å². The summed E-state index contributed by atoms with van der Waals surface area (Å²) in [6, 6.07) is 7.95. The molecule has 1 aromatic carbocycles. The molecule has 1 atom stereocenters. The van der Waals surface area contributed by atoms with Gasteiger partial charge in [0.05, 0.1) is 6.04 Å². The Labute approximate surface area is 154 Å². The highest BCUT2D eigenvalue weighted by Gasteiger charge is 2.15. The van der Waals surface area contributed by atoms with Gasteiger partial charge in [-0.05, 0) is 18.1 Å². The van der Waals surface area contributed by atoms with E-state index in [2.05, 4.69) is 18.2 Å². The van der Waals surface area contributed by atoms with E-state index < -0.39 is 0 Å². The van der Waals surface area contributed by atoms with Crippen LogP contribution in [0.2, 0.25) is 0 Å². The van der Waals surface area contributed by atoms with Crippen LogP contribution in [0.5, 0.6) is 0 Å². The molecule has 0 aliphatic rings. The molecule has 2 nitrogen and oxygen atoms in total. The van der Waals surface area contributed by atoms with Crippen LogP contribution < -0.4 is 5.32 Å². The molecular weight excluding hydrogens is 306 g/mol. The van der Waals surface area contributed by atoms with E-state index in [4.69, 9.17) is 6.42 Å². The number of nitrogens with one attached hydrogen (secondary N) is 1. The molecule has 0 fully saturated rings. The van der Waals surface area contributed by atoms with Crippen molar-refractivity contribution in [3.05, 3.63) is 35.4 Å². The Balaban J connectivity index is 2.31. The van der Waals surface area contributed by atoms with Crippen LogP contribution in [0.4, 0.5) is 0 Å². The van der Waals surface area contributed by atoms with Crippen molar-refractivity contribution in [1.29, 1.82) is 0 Å². The van der Waals surface area contributed by atoms with E-state index in [1.54, 1.807) is 6.92 Å². The number of carbonyl (C=O) groups excluding carboxylic acids is 1. The molecule has 0 unspecified atom stereocenters. The van der Waals surface area contributed by atoms with E-state index >= 15 is 0 Å². The van der Waals surface area contributed by atoms with Crippen molar-refractivity contribution >= 4 is 5.91 Å². The SMILES string of the molecule is C#Cc1ccccc1[C@H](CCCCCCCCCCCC)NC(C)=O. The van der Waals surface area contributed by atoms with E-state index in [1.165, 1.54) is 57.8 Å². The molecule has 1 amide bonds. The lowest BCUT2D eigenvalue weighted by molar-refractivity contribution is -0.119. The smallest absolute Gasteiger partial charge is 0.217 e. The van der Waals surface area contributed by atoms with Gasteiger partial charge in [-0.1, -0.05) is 95.3 Å². The van der Waals surface area contributed by atoms with Crippen molar-refractivity contribution in [3.8, 4) is 12.3 Å². The van der Waals surface area contributed by atoms with E-state index in [-0.39, 0.29) is 11.9 Å². The Morgan fingerprint density at radius 3 is 2.12 bits per heavy atom. The predicted molar refractivity (Wildman–Crippen MR) is 107 cm³/mol. The highest BCUT2D eigenvalue weighted by atomic mass is 16.1. The molecule has 1 N–H and O–H groups in total. The first-order valence-electron chi connectivity index (χ1n) is 10.0. The zero-order chi connectivity index (χ0) is 18.3. The van der Waals surface area contributed by atoms with Crippen molar-refractivity contribution in [2.45, 2.75) is 90.5 Å². The fraction of sp³-hybridized carbons (Fsp3) is 0.609. The lowest BCUT2D eigenvalue weighted by Gasteiger charge is -2.20. The van der Waals surface area contributed by atoms with Gasteiger partial charge in [0.2, 0.25) is 5.91 Å². The highest BCUT2D eigenvalue weighted by molar-refractivity contribution is 5.73. The van der Waals surface area contributed by atoms with Crippen LogP contribution in [0.1, 0.15) is 102 Å². The zero-order valence-electron chi connectivity index (χ0n) is 16.2. The summed E-state index contributed by atoms with van der Waals surface area (Å²) < 4.78 is 0. The number of amides is 1. The molecule has 2 heteroatoms. The Morgan fingerprint density at radius 1 is 1.00 bits per heavy atom. The lowest BCUT2D eigenvalue weighted by Crippen LogP contribution is -2.26. The molecule has 0 aliphatic carbocycles. The van der Waals surface area contributed by atoms with Crippen LogP contribution in [0.3, 0.4) is 0 Å². The minimum Gasteiger partial charge on any atom is -0.349 e. The number of hydrogen-bond donors (Lipinski definition) is 1. The zero-order valence-corrected chi connectivity index (χ0v) is 16.2. The number of terminal acetylenes is 1. The van der Waals surface area contributed by atoms with E-state index in [9.17, 15) is 4.79 Å². The number of rotatable bonds is 13. The number of carbonyl (C=O) groups is 1. The van der Waals surface area contributed by atoms with Crippen molar-refractivity contribution in [1.82, 2.24) is 5.32 Å². The molecule has 25 heavy (non-hydrogen) atoms. The van der Waals surface area contributed by atoms with Crippen molar-refractivity contribution < 1.29 is 4.79 Å². The first-order valence-corrected chi connectivity index (χ1v) is 10.0. The molecule has 0 bridgehead atoms. The van der Waals surface area contributed by atoms with Gasteiger partial charge in [-0.2, -0.15) is 0 Å². The number of benzene rings is 1. The van der Waals surface area contributed by atoms with Gasteiger partial charge in [0.25, 0.3) is 0 Å². The van der Waals surface area contributed by atoms with Gasteiger partial charge in [0, 0.05) is 12.5 Å². The van der Waals surface area contributed by atoms with Crippen LogP contribution in [-0.4, -0.2) is 5.91 Å². The number of hydrogen-bond acceptors (Lipinski definition) is 1. The van der Waals surface area contributed by atoms with Gasteiger partial charge >= 0.3 is 0 Å². The summed E-state index contributed by atoms with van der Waals surface area (Å²) in [4.78, 5) is 11.5. The van der Waals surface area contributed by atoms with Crippen LogP contribution in [0, 0.1) is 12.3 Å². The minimum atomic E-state index is 0.00361. The molecule has 0 heterocycles. The monoisotopic (exact) mass is 341 g/mol. The molecule has 138 valence electrons. The van der Waals surface area contributed by atoms with Gasteiger partial charge in [-0.25, -0.2) is 0 Å². The van der Waals surface area contributed by atoms with E-state index in [0.717, 1.165) is 24.0 Å². The minimum absolute atomic E-state index is 0.00361. The summed E-state index contributed by atoms with van der Waals surface area (Å²) in [6.45, 7) is 3.83. The molecule has 1 rings (SSSR count). The molecule has 0 aromatic heterocycles. The van der Waals surface area contributed by atoms with Crippen molar-refractivity contribution in [2.75, 3.05) is 0 Å². The molecule has 1 aromatic rings. The molecule has 0 aliphatic heterocycles. The second-order valence-corrected chi connectivity index (χ2v) is 6.96. The lowest BCUT2D eigenvalue weighted by atomic mass is 9.95. The summed E-state index contributed by atoms with van der Waals surface area (Å²) >= 11 is 0. The van der Waals surface area contributed by atoms with Gasteiger partial charge in [0.15, 0.2) is 0 Å². The number of unbranched alkanes of at least 4 members (excludes halogenated alkanes) is 9. The van der Waals surface area contributed by atoms with Crippen molar-refractivity contribution in [3.63, 3.8) is 0 Å². The first kappa shape index (κ1) is 21.3. The average Bonchev–Trinajstić information content (AvgIpc) is 2.62. The van der Waals surface area contributed by atoms with E-state index in [0.29, 0.717) is 0 Å². The van der Waals surface area contributed by atoms with E-state index in [1.807, 2.05) is 24.3 Å². The predicted octanol–water partition coefficient (Wildman–Crippen LogP) is 6.16. The second kappa shape index (κ2) is 13.5. The maximum absolute atomic E-state index is 11.5. The fourth-order valence-corrected chi connectivity index (χ4v) is 3.32. The van der Waals surface area contributed by atoms with Crippen LogP contribution >= 0.6 is 0 Å². The largest absolute Gasteiger partial charge is 0.349 e. The fourth-order valence-electron chi connectivity index (χ4n) is 3.32. The highest BCUT2D eigenvalue weighted by Crippen LogP contribution is 2.23.